The third kappa shape index (κ3) is 16.1. The Morgan fingerprint density at radius 1 is 0.776 bits per heavy atom. The number of methoxy groups -OCH3 is 2. The van der Waals surface area contributed by atoms with Gasteiger partial charge in [0.2, 0.25) is 21.8 Å². The molecule has 0 bridgehead atoms. The smallest absolute Gasteiger partial charge is 0.292 e. The summed E-state index contributed by atoms with van der Waals surface area (Å²) in [7, 11) is -3.64. The summed E-state index contributed by atoms with van der Waals surface area (Å²) in [6, 6.07) is 12.3. The Hall–Kier alpha value is -4.98. The molecule has 0 aliphatic carbocycles. The summed E-state index contributed by atoms with van der Waals surface area (Å²) in [5, 5.41) is 13.6. The number of Topliss-reactive ketones (excluding diaryl/α,β-unsaturated/α-hetero) is 1. The van der Waals surface area contributed by atoms with Gasteiger partial charge in [-0.05, 0) is 88.9 Å². The van der Waals surface area contributed by atoms with E-state index in [0.29, 0.717) is 69.3 Å². The molecule has 0 saturated carbocycles. The van der Waals surface area contributed by atoms with E-state index in [1.54, 1.807) is 42.9 Å². The number of carbonyl (C=O) groups is 1. The summed E-state index contributed by atoms with van der Waals surface area (Å²) in [5.74, 6) is -0.434. The van der Waals surface area contributed by atoms with E-state index < -0.39 is 37.2 Å². The number of ether oxygens (including phenoxy) is 3. The molecule has 2 heterocycles. The van der Waals surface area contributed by atoms with Crippen LogP contribution in [-0.2, 0) is 31.1 Å². The highest BCUT2D eigenvalue weighted by Gasteiger charge is 2.22. The Morgan fingerprint density at radius 2 is 1.26 bits per heavy atom. The fourth-order valence-electron chi connectivity index (χ4n) is 5.70. The number of pyridine rings is 2. The quantitative estimate of drug-likeness (QED) is 0.101. The number of sulfonamides is 1. The first-order valence-electron chi connectivity index (χ1n) is 18.7. The van der Waals surface area contributed by atoms with Crippen molar-refractivity contribution in [3.05, 3.63) is 89.2 Å². The number of aromatic nitrogens is 2. The Morgan fingerprint density at radius 3 is 1.71 bits per heavy atom. The normalized spacial score (nSPS) is 11.2. The van der Waals surface area contributed by atoms with Crippen LogP contribution in [-0.4, -0.2) is 64.1 Å². The van der Waals surface area contributed by atoms with Crippen molar-refractivity contribution < 1.29 is 44.6 Å². The maximum absolute atomic E-state index is 14.4. The van der Waals surface area contributed by atoms with Crippen molar-refractivity contribution in [3.8, 4) is 46.0 Å². The number of ketones is 1. The van der Waals surface area contributed by atoms with Gasteiger partial charge in [0.1, 0.15) is 17.4 Å². The maximum Gasteiger partial charge on any atom is 0.292 e. The molecule has 316 valence electrons. The van der Waals surface area contributed by atoms with Gasteiger partial charge in [-0.15, -0.1) is 5.26 Å². The van der Waals surface area contributed by atoms with Gasteiger partial charge in [0.25, 0.3) is 6.26 Å². The number of hydrogen-bond donors (Lipinski definition) is 1. The van der Waals surface area contributed by atoms with Crippen molar-refractivity contribution in [1.82, 2.24) is 9.97 Å². The van der Waals surface area contributed by atoms with E-state index in [-0.39, 0.29) is 35.6 Å². The number of benzene rings is 2. The average Bonchev–Trinajstić information content (AvgIpc) is 3.17. The average molecular weight is 845 g/mol. The molecule has 0 spiro atoms. The number of unbranched alkanes of at least 4 members (excludes halogenated alkanes) is 2. The number of primary sulfonamides is 1. The van der Waals surface area contributed by atoms with Crippen LogP contribution in [0, 0.1) is 23.2 Å². The largest absolute Gasteiger partial charge is 0.481 e. The predicted molar refractivity (Wildman–Crippen MR) is 222 cm³/mol. The zero-order valence-corrected chi connectivity index (χ0v) is 36.0. The van der Waals surface area contributed by atoms with Crippen LogP contribution in [0.25, 0.3) is 22.3 Å². The van der Waals surface area contributed by atoms with Gasteiger partial charge in [-0.1, -0.05) is 54.4 Å². The summed E-state index contributed by atoms with van der Waals surface area (Å²) in [4.78, 5) is 20.7. The molecule has 58 heavy (non-hydrogen) atoms. The first kappa shape index (κ1) is 49.2. The van der Waals surface area contributed by atoms with Gasteiger partial charge in [-0.3, -0.25) is 4.79 Å². The lowest BCUT2D eigenvalue weighted by atomic mass is 9.87. The van der Waals surface area contributed by atoms with Crippen LogP contribution in [0.2, 0.25) is 0 Å². The molecule has 4 rings (SSSR count). The van der Waals surface area contributed by atoms with Crippen molar-refractivity contribution in [2.24, 2.45) is 5.14 Å². The maximum atomic E-state index is 14.4. The highest BCUT2D eigenvalue weighted by molar-refractivity contribution is 7.92. The van der Waals surface area contributed by atoms with Crippen LogP contribution in [0.4, 0.5) is 8.78 Å². The second kappa shape index (κ2) is 23.4. The number of hydrogen-bond acceptors (Lipinski definition) is 11. The predicted octanol–water partition coefficient (Wildman–Crippen LogP) is 8.30. The molecular formula is C42H54F2N4O8S2. The number of carbonyl (C=O) groups excluding carboxylic acids is 1. The standard InChI is InChI=1S/C22H28FNO4S.C16H15FN2O2.C4H11NO2S/c1-5-6-9-29(26,27)14-18(25)13-21-19(15(2)3)11-17(23)12-20(21)16-7-8-24-22(10-16)28-4;1-10(2)13-7-12(17)8-14(16(13)21-9-18)11-4-5-19-15(6-11)20-3;1-2-3-4-8(5,6)7/h7-8,10-12,15H,5-6,9,13-14H2,1-4H3;4-8,10H,1-3H3;2-4H2,1H3,(H2,5,6,7). The summed E-state index contributed by atoms with van der Waals surface area (Å²) < 4.78 is 88.3. The molecule has 16 heteroatoms. The molecule has 0 aliphatic heterocycles. The number of rotatable bonds is 17. The fraction of sp³-hybridized carbons (Fsp3) is 0.429. The molecule has 4 aromatic rings. The van der Waals surface area contributed by atoms with Crippen molar-refractivity contribution in [2.75, 3.05) is 31.5 Å². The van der Waals surface area contributed by atoms with Crippen molar-refractivity contribution in [1.29, 1.82) is 5.26 Å². The van der Waals surface area contributed by atoms with Gasteiger partial charge in [-0.25, -0.2) is 40.7 Å². The SMILES string of the molecule is CCCCS(=O)(=O)CC(=O)Cc1c(-c2ccnc(OC)c2)cc(F)cc1C(C)C.CCCCS(N)(=O)=O.COc1cc(-c2cc(F)cc(C(C)C)c2OC#N)ccn1. The highest BCUT2D eigenvalue weighted by Crippen LogP contribution is 2.38. The van der Waals surface area contributed by atoms with Gasteiger partial charge in [0.15, 0.2) is 21.4 Å². The monoisotopic (exact) mass is 844 g/mol. The second-order valence-electron chi connectivity index (χ2n) is 14.0. The lowest BCUT2D eigenvalue weighted by molar-refractivity contribution is -0.116. The van der Waals surface area contributed by atoms with E-state index in [1.165, 1.54) is 38.5 Å². The second-order valence-corrected chi connectivity index (χ2v) is 17.9. The number of halogens is 2. The van der Waals surface area contributed by atoms with E-state index in [1.807, 2.05) is 41.5 Å². The van der Waals surface area contributed by atoms with Crippen LogP contribution < -0.4 is 19.3 Å². The molecule has 0 amide bonds. The Kier molecular flexibility index (Phi) is 19.9. The molecule has 0 aliphatic rings. The zero-order chi connectivity index (χ0) is 43.6. The minimum absolute atomic E-state index is 0.00407. The van der Waals surface area contributed by atoms with Gasteiger partial charge in [0, 0.05) is 42.1 Å². The molecule has 0 unspecified atom stereocenters. The van der Waals surface area contributed by atoms with Gasteiger partial charge >= 0.3 is 0 Å². The number of nitrogens with two attached hydrogens (primary N) is 1. The van der Waals surface area contributed by atoms with Crippen molar-refractivity contribution >= 4 is 25.6 Å². The summed E-state index contributed by atoms with van der Waals surface area (Å²) in [5.41, 5.74) is 4.36. The number of sulfone groups is 1. The van der Waals surface area contributed by atoms with Crippen LogP contribution in [0.3, 0.4) is 0 Å². The minimum atomic E-state index is -3.45. The molecule has 0 saturated heterocycles. The Bertz CT molecular complexity index is 2240. The van der Waals surface area contributed by atoms with E-state index in [0.717, 1.165) is 12.8 Å². The summed E-state index contributed by atoms with van der Waals surface area (Å²) in [6.07, 6.45) is 7.53. The third-order valence-electron chi connectivity index (χ3n) is 8.58. The Labute approximate surface area is 341 Å². The number of nitriles is 1. The van der Waals surface area contributed by atoms with Gasteiger partial charge in [-0.2, -0.15) is 0 Å². The van der Waals surface area contributed by atoms with Crippen molar-refractivity contribution in [2.45, 2.75) is 85.5 Å². The van der Waals surface area contributed by atoms with Gasteiger partial charge < -0.3 is 14.2 Å². The zero-order valence-electron chi connectivity index (χ0n) is 34.3. The molecule has 2 N–H and O–H groups in total. The Balaban J connectivity index is 0.000000348. The molecule has 0 atom stereocenters. The topological polar surface area (TPSA) is 189 Å². The summed E-state index contributed by atoms with van der Waals surface area (Å²) in [6.45, 7) is 11.5. The van der Waals surface area contributed by atoms with E-state index in [4.69, 9.17) is 24.6 Å². The van der Waals surface area contributed by atoms with Crippen LogP contribution >= 0.6 is 0 Å². The lowest BCUT2D eigenvalue weighted by Gasteiger charge is -2.18. The molecule has 12 nitrogen and oxygen atoms in total. The molecule has 2 aromatic carbocycles. The highest BCUT2D eigenvalue weighted by atomic mass is 32.2. The van der Waals surface area contributed by atoms with Crippen LogP contribution in [0.5, 0.6) is 17.5 Å². The van der Waals surface area contributed by atoms with E-state index in [9.17, 15) is 30.4 Å². The summed E-state index contributed by atoms with van der Waals surface area (Å²) >= 11 is 0. The lowest BCUT2D eigenvalue weighted by Crippen LogP contribution is -2.21. The van der Waals surface area contributed by atoms with Crippen molar-refractivity contribution in [3.63, 3.8) is 0 Å². The fourth-order valence-corrected chi connectivity index (χ4v) is 7.85. The molecular weight excluding hydrogens is 791 g/mol. The van der Waals surface area contributed by atoms with Crippen LogP contribution in [0.1, 0.15) is 95.8 Å². The van der Waals surface area contributed by atoms with E-state index in [2.05, 4.69) is 9.97 Å². The first-order chi connectivity index (χ1) is 27.3. The number of nitrogens with zero attached hydrogens (tertiary/aromatic N) is 3. The minimum Gasteiger partial charge on any atom is -0.481 e. The molecule has 0 fully saturated rings. The van der Waals surface area contributed by atoms with Crippen LogP contribution in [0.15, 0.2) is 60.9 Å². The van der Waals surface area contributed by atoms with E-state index >= 15 is 0 Å². The third-order valence-corrected chi connectivity index (χ3v) is 11.1. The van der Waals surface area contributed by atoms with Gasteiger partial charge in [0.05, 0.1) is 25.7 Å². The molecule has 0 radical (unpaired) electrons. The first-order valence-corrected chi connectivity index (χ1v) is 22.3. The molecule has 2 aromatic heterocycles.